The number of hydrogen-bond donors (Lipinski definition) is 0. The fourth-order valence-electron chi connectivity index (χ4n) is 2.39. The van der Waals surface area contributed by atoms with Gasteiger partial charge in [0.25, 0.3) is 11.1 Å². The number of carboxylic acid groups (broad SMARTS) is 1. The quantitative estimate of drug-likeness (QED) is 0.788. The molecule has 6 nitrogen and oxygen atoms in total. The topological polar surface area (TPSA) is 82.4 Å². The summed E-state index contributed by atoms with van der Waals surface area (Å²) in [7, 11) is 1.89. The van der Waals surface area contributed by atoms with Gasteiger partial charge in [0.05, 0.1) is 17.4 Å². The molecule has 0 atom stereocenters. The summed E-state index contributed by atoms with van der Waals surface area (Å²) < 4.78 is 1.92. The van der Waals surface area contributed by atoms with E-state index in [4.69, 9.17) is 0 Å². The van der Waals surface area contributed by atoms with Crippen LogP contribution in [0.5, 0.6) is 0 Å². The van der Waals surface area contributed by atoms with Crippen LogP contribution in [0.4, 0.5) is 4.79 Å². The highest BCUT2D eigenvalue weighted by molar-refractivity contribution is 8.18. The number of aliphatic carboxylic acids is 1. The summed E-state index contributed by atoms with van der Waals surface area (Å²) in [5.74, 6) is -2.07. The molecule has 1 saturated heterocycles. The normalized spacial score (nSPS) is 17.0. The molecule has 0 spiro atoms. The Morgan fingerprint density at radius 3 is 2.77 bits per heavy atom. The van der Waals surface area contributed by atoms with Crippen LogP contribution in [-0.2, 0) is 16.6 Å². The first kappa shape index (κ1) is 14.4. The fourth-order valence-corrected chi connectivity index (χ4v) is 3.22. The minimum Gasteiger partial charge on any atom is -0.548 e. The largest absolute Gasteiger partial charge is 0.548 e. The molecule has 2 heterocycles. The highest BCUT2D eigenvalue weighted by Crippen LogP contribution is 2.33. The molecule has 2 amide bonds. The zero-order valence-corrected chi connectivity index (χ0v) is 12.4. The molecule has 112 valence electrons. The monoisotopic (exact) mass is 315 g/mol. The molecule has 0 saturated carbocycles. The van der Waals surface area contributed by atoms with Crippen LogP contribution in [0.2, 0.25) is 0 Å². The number of aromatic nitrogens is 1. The standard InChI is InChI=1S/C15H12N2O4S/c1-16-7-9(10-4-2-3-5-11(10)16)6-12-14(20)17(8-13(18)19)15(21)22-12/h2-7H,8H2,1H3,(H,18,19)/p-1/b12-6-. The zero-order chi connectivity index (χ0) is 15.9. The summed E-state index contributed by atoms with van der Waals surface area (Å²) in [6.45, 7) is -0.725. The lowest BCUT2D eigenvalue weighted by molar-refractivity contribution is -0.305. The predicted octanol–water partition coefficient (Wildman–Crippen LogP) is 0.964. The van der Waals surface area contributed by atoms with E-state index in [0.717, 1.165) is 28.2 Å². The van der Waals surface area contributed by atoms with Gasteiger partial charge in [-0.2, -0.15) is 0 Å². The van der Waals surface area contributed by atoms with Crippen molar-refractivity contribution in [3.63, 3.8) is 0 Å². The lowest BCUT2D eigenvalue weighted by Gasteiger charge is -2.12. The van der Waals surface area contributed by atoms with Gasteiger partial charge in [0.2, 0.25) is 0 Å². The van der Waals surface area contributed by atoms with Crippen molar-refractivity contribution >= 4 is 45.9 Å². The van der Waals surface area contributed by atoms with Crippen molar-refractivity contribution in [2.45, 2.75) is 0 Å². The highest BCUT2D eigenvalue weighted by atomic mass is 32.2. The number of imide groups is 1. The van der Waals surface area contributed by atoms with E-state index >= 15 is 0 Å². The van der Waals surface area contributed by atoms with Crippen molar-refractivity contribution in [2.24, 2.45) is 7.05 Å². The summed E-state index contributed by atoms with van der Waals surface area (Å²) in [6.07, 6.45) is 3.47. The minimum atomic E-state index is -1.46. The Morgan fingerprint density at radius 1 is 1.32 bits per heavy atom. The number of fused-ring (bicyclic) bond motifs is 1. The summed E-state index contributed by atoms with van der Waals surface area (Å²) >= 11 is 0.735. The highest BCUT2D eigenvalue weighted by Gasteiger charge is 2.35. The van der Waals surface area contributed by atoms with Crippen LogP contribution in [0, 0.1) is 0 Å². The number of carbonyl (C=O) groups excluding carboxylic acids is 3. The fraction of sp³-hybridized carbons (Fsp3) is 0.133. The Bertz CT molecular complexity index is 837. The molecule has 0 unspecified atom stereocenters. The van der Waals surface area contributed by atoms with Crippen LogP contribution in [0.15, 0.2) is 35.4 Å². The third-order valence-electron chi connectivity index (χ3n) is 3.38. The van der Waals surface area contributed by atoms with Gasteiger partial charge in [-0.3, -0.25) is 14.5 Å². The maximum absolute atomic E-state index is 12.1. The Labute approximate surface area is 130 Å². The molecule has 0 bridgehead atoms. The lowest BCUT2D eigenvalue weighted by Crippen LogP contribution is -2.40. The molecule has 7 heteroatoms. The Morgan fingerprint density at radius 2 is 2.05 bits per heavy atom. The number of thioether (sulfide) groups is 1. The van der Waals surface area contributed by atoms with Crippen LogP contribution in [-0.4, -0.2) is 33.1 Å². The van der Waals surface area contributed by atoms with Gasteiger partial charge < -0.3 is 14.5 Å². The van der Waals surface area contributed by atoms with Crippen LogP contribution in [0.25, 0.3) is 17.0 Å². The molecule has 1 fully saturated rings. The second-order valence-corrected chi connectivity index (χ2v) is 5.85. The first-order valence-electron chi connectivity index (χ1n) is 6.46. The second-order valence-electron chi connectivity index (χ2n) is 4.85. The maximum Gasteiger partial charge on any atom is 0.293 e. The smallest absolute Gasteiger partial charge is 0.293 e. The summed E-state index contributed by atoms with van der Waals surface area (Å²) in [5.41, 5.74) is 1.81. The van der Waals surface area contributed by atoms with Crippen LogP contribution >= 0.6 is 11.8 Å². The molecule has 22 heavy (non-hydrogen) atoms. The molecule has 0 N–H and O–H groups in total. The number of aryl methyl sites for hydroxylation is 1. The van der Waals surface area contributed by atoms with Crippen molar-refractivity contribution < 1.29 is 19.5 Å². The van der Waals surface area contributed by atoms with E-state index in [1.54, 1.807) is 6.08 Å². The number of amides is 2. The molecule has 1 aromatic heterocycles. The molecule has 1 aliphatic rings. The van der Waals surface area contributed by atoms with Gasteiger partial charge in [-0.05, 0) is 23.9 Å². The van der Waals surface area contributed by atoms with E-state index < -0.39 is 23.7 Å². The van der Waals surface area contributed by atoms with Crippen molar-refractivity contribution in [3.05, 3.63) is 40.9 Å². The maximum atomic E-state index is 12.1. The number of nitrogens with zero attached hydrogens (tertiary/aromatic N) is 2. The lowest BCUT2D eigenvalue weighted by atomic mass is 10.1. The first-order chi connectivity index (χ1) is 10.5. The van der Waals surface area contributed by atoms with Gasteiger partial charge >= 0.3 is 0 Å². The van der Waals surface area contributed by atoms with Crippen LogP contribution in [0.1, 0.15) is 5.56 Å². The van der Waals surface area contributed by atoms with Crippen LogP contribution in [0.3, 0.4) is 0 Å². The number of benzene rings is 1. The van der Waals surface area contributed by atoms with Crippen molar-refractivity contribution in [1.82, 2.24) is 9.47 Å². The molecular formula is C15H11N2O4S-. The third kappa shape index (κ3) is 2.39. The summed E-state index contributed by atoms with van der Waals surface area (Å²) in [6, 6.07) is 7.68. The first-order valence-corrected chi connectivity index (χ1v) is 7.28. The molecule has 0 aliphatic carbocycles. The summed E-state index contributed by atoms with van der Waals surface area (Å²) in [4.78, 5) is 35.3. The molecule has 1 aromatic carbocycles. The molecule has 2 aromatic rings. The van der Waals surface area contributed by atoms with Gasteiger partial charge in [-0.25, -0.2) is 0 Å². The number of rotatable bonds is 3. The van der Waals surface area contributed by atoms with Crippen LogP contribution < -0.4 is 5.11 Å². The number of para-hydroxylation sites is 1. The van der Waals surface area contributed by atoms with Gasteiger partial charge in [0, 0.05) is 29.7 Å². The van der Waals surface area contributed by atoms with E-state index in [1.807, 2.05) is 42.1 Å². The van der Waals surface area contributed by atoms with E-state index in [0.29, 0.717) is 4.90 Å². The molecule has 3 rings (SSSR count). The number of carboxylic acids is 1. The SMILES string of the molecule is Cn1cc(/C=C2\SC(=O)N(CC(=O)[O-])C2=O)c2ccccc21. The number of carbonyl (C=O) groups is 3. The Hall–Kier alpha value is -2.54. The van der Waals surface area contributed by atoms with Gasteiger partial charge in [0.1, 0.15) is 0 Å². The Balaban J connectivity index is 2.00. The van der Waals surface area contributed by atoms with Crippen molar-refractivity contribution in [3.8, 4) is 0 Å². The molecular weight excluding hydrogens is 304 g/mol. The van der Waals surface area contributed by atoms with Crippen molar-refractivity contribution in [1.29, 1.82) is 0 Å². The van der Waals surface area contributed by atoms with Gasteiger partial charge in [-0.15, -0.1) is 0 Å². The molecule has 1 aliphatic heterocycles. The summed E-state index contributed by atoms with van der Waals surface area (Å²) in [5, 5.41) is 11.0. The predicted molar refractivity (Wildman–Crippen MR) is 80.6 cm³/mol. The average molecular weight is 315 g/mol. The zero-order valence-electron chi connectivity index (χ0n) is 11.6. The minimum absolute atomic E-state index is 0.211. The third-order valence-corrected chi connectivity index (χ3v) is 4.28. The van der Waals surface area contributed by atoms with Gasteiger partial charge in [0.15, 0.2) is 0 Å². The Kier molecular flexibility index (Phi) is 3.50. The van der Waals surface area contributed by atoms with E-state index in [2.05, 4.69) is 0 Å². The van der Waals surface area contributed by atoms with E-state index in [1.165, 1.54) is 0 Å². The van der Waals surface area contributed by atoms with Gasteiger partial charge in [-0.1, -0.05) is 18.2 Å². The van der Waals surface area contributed by atoms with E-state index in [9.17, 15) is 19.5 Å². The van der Waals surface area contributed by atoms with E-state index in [-0.39, 0.29) is 4.91 Å². The number of hydrogen-bond acceptors (Lipinski definition) is 5. The molecule has 0 radical (unpaired) electrons. The average Bonchev–Trinajstić information content (AvgIpc) is 2.92. The van der Waals surface area contributed by atoms with Crippen molar-refractivity contribution in [2.75, 3.05) is 6.54 Å². The second kappa shape index (κ2) is 5.34.